The van der Waals surface area contributed by atoms with Gasteiger partial charge in [-0.2, -0.15) is 5.10 Å². The summed E-state index contributed by atoms with van der Waals surface area (Å²) in [6.07, 6.45) is 5.10. The molecule has 0 saturated carbocycles. The second kappa shape index (κ2) is 9.24. The minimum Gasteiger partial charge on any atom is -0.326 e. The van der Waals surface area contributed by atoms with Gasteiger partial charge in [-0.3, -0.25) is 5.10 Å². The third-order valence-electron chi connectivity index (χ3n) is 5.25. The van der Waals surface area contributed by atoms with Crippen molar-refractivity contribution in [2.24, 2.45) is 5.92 Å². The molecule has 2 amide bonds. The molecule has 0 aliphatic carbocycles. The molecule has 31 heavy (non-hydrogen) atoms. The minimum atomic E-state index is -0.437. The molecule has 9 heteroatoms. The van der Waals surface area contributed by atoms with Crippen molar-refractivity contribution in [3.8, 4) is 0 Å². The van der Waals surface area contributed by atoms with Gasteiger partial charge in [0.25, 0.3) is 0 Å². The van der Waals surface area contributed by atoms with E-state index in [4.69, 9.17) is 28.2 Å². The summed E-state index contributed by atoms with van der Waals surface area (Å²) in [5.41, 5.74) is 3.59. The predicted molar refractivity (Wildman–Crippen MR) is 120 cm³/mol. The van der Waals surface area contributed by atoms with Gasteiger partial charge in [0.1, 0.15) is 5.82 Å². The Hall–Kier alpha value is -2.64. The normalized spacial score (nSPS) is 14.4. The molecule has 162 valence electrons. The number of aromatic nitrogens is 4. The maximum atomic E-state index is 13.2. The lowest BCUT2D eigenvalue weighted by molar-refractivity contribution is 0.188. The third-order valence-corrected chi connectivity index (χ3v) is 5.99. The minimum absolute atomic E-state index is 0.180. The van der Waals surface area contributed by atoms with Crippen LogP contribution in [0, 0.1) is 5.92 Å². The summed E-state index contributed by atoms with van der Waals surface area (Å²) in [7, 11) is 0. The summed E-state index contributed by atoms with van der Waals surface area (Å²) in [6, 6.07) is 6.53. The zero-order valence-corrected chi connectivity index (χ0v) is 18.9. The molecule has 1 aliphatic heterocycles. The Labute approximate surface area is 191 Å². The summed E-state index contributed by atoms with van der Waals surface area (Å²) in [5, 5.41) is 11.0. The van der Waals surface area contributed by atoms with E-state index in [-0.39, 0.29) is 6.03 Å². The number of fused-ring (bicyclic) bond motifs is 1. The van der Waals surface area contributed by atoms with Crippen molar-refractivity contribution in [3.63, 3.8) is 0 Å². The fourth-order valence-corrected chi connectivity index (χ4v) is 3.96. The van der Waals surface area contributed by atoms with Crippen LogP contribution in [0.5, 0.6) is 0 Å². The molecule has 0 bridgehead atoms. The SMILES string of the molecule is CC(C)Cc1ncc2c(n1)CN(C(=O)N[C@@H](c1ccc(Cl)c(Cl)c1)c1ccn[nH]1)CC2. The van der Waals surface area contributed by atoms with Gasteiger partial charge in [-0.15, -0.1) is 0 Å². The Morgan fingerprint density at radius 2 is 2.10 bits per heavy atom. The second-order valence-corrected chi connectivity index (χ2v) is 8.91. The van der Waals surface area contributed by atoms with E-state index in [1.807, 2.05) is 18.3 Å². The van der Waals surface area contributed by atoms with Crippen molar-refractivity contribution < 1.29 is 4.79 Å². The topological polar surface area (TPSA) is 86.8 Å². The quantitative estimate of drug-likeness (QED) is 0.586. The highest BCUT2D eigenvalue weighted by molar-refractivity contribution is 6.42. The summed E-state index contributed by atoms with van der Waals surface area (Å²) >= 11 is 12.3. The number of hydrogen-bond donors (Lipinski definition) is 2. The van der Waals surface area contributed by atoms with E-state index < -0.39 is 6.04 Å². The largest absolute Gasteiger partial charge is 0.326 e. The lowest BCUT2D eigenvalue weighted by atomic mass is 10.0. The lowest BCUT2D eigenvalue weighted by Crippen LogP contribution is -2.44. The average Bonchev–Trinajstić information content (AvgIpc) is 3.27. The second-order valence-electron chi connectivity index (χ2n) is 8.10. The van der Waals surface area contributed by atoms with Gasteiger partial charge in [0, 0.05) is 25.4 Å². The van der Waals surface area contributed by atoms with Crippen LogP contribution in [-0.2, 0) is 19.4 Å². The number of nitrogens with zero attached hydrogens (tertiary/aromatic N) is 4. The summed E-state index contributed by atoms with van der Waals surface area (Å²) in [5.74, 6) is 1.30. The van der Waals surface area contributed by atoms with Crippen LogP contribution in [-0.4, -0.2) is 37.6 Å². The molecule has 3 aromatic rings. The van der Waals surface area contributed by atoms with Crippen molar-refractivity contribution in [2.45, 2.75) is 39.3 Å². The Kier molecular flexibility index (Phi) is 6.43. The summed E-state index contributed by atoms with van der Waals surface area (Å²) < 4.78 is 0. The van der Waals surface area contributed by atoms with E-state index in [0.29, 0.717) is 29.1 Å². The van der Waals surface area contributed by atoms with Gasteiger partial charge in [-0.1, -0.05) is 43.1 Å². The number of rotatable bonds is 5. The number of hydrogen-bond acceptors (Lipinski definition) is 4. The van der Waals surface area contributed by atoms with Gasteiger partial charge in [-0.25, -0.2) is 14.8 Å². The fourth-order valence-electron chi connectivity index (χ4n) is 3.66. The molecule has 1 atom stereocenters. The number of aromatic amines is 1. The van der Waals surface area contributed by atoms with Crippen LogP contribution in [0.3, 0.4) is 0 Å². The van der Waals surface area contributed by atoms with Crippen LogP contribution < -0.4 is 5.32 Å². The van der Waals surface area contributed by atoms with E-state index in [9.17, 15) is 4.79 Å². The highest BCUT2D eigenvalue weighted by Crippen LogP contribution is 2.28. The highest BCUT2D eigenvalue weighted by atomic mass is 35.5. The first-order valence-electron chi connectivity index (χ1n) is 10.2. The molecule has 1 aliphatic rings. The molecule has 0 spiro atoms. The fraction of sp³-hybridized carbons (Fsp3) is 0.364. The Bertz CT molecular complexity index is 1070. The number of nitrogens with one attached hydrogen (secondary N) is 2. The number of urea groups is 1. The molecular formula is C22H24Cl2N6O. The molecule has 0 fully saturated rings. The molecular weight excluding hydrogens is 435 g/mol. The number of halogens is 2. The number of H-pyrrole nitrogens is 1. The number of benzene rings is 1. The molecule has 2 N–H and O–H groups in total. The Balaban J connectivity index is 1.53. The van der Waals surface area contributed by atoms with Gasteiger partial charge in [-0.05, 0) is 41.7 Å². The highest BCUT2D eigenvalue weighted by Gasteiger charge is 2.26. The zero-order chi connectivity index (χ0) is 22.0. The first-order chi connectivity index (χ1) is 14.9. The standard InChI is InChI=1S/C22H24Cl2N6O/c1-13(2)9-20-25-11-15-6-8-30(12-19(15)27-20)22(31)28-21(18-5-7-26-29-18)14-3-4-16(23)17(24)10-14/h3-5,7,10-11,13,21H,6,8-9,12H2,1-2H3,(H,26,29)(H,28,31)/t21-/m0/s1. The molecule has 0 saturated heterocycles. The van der Waals surface area contributed by atoms with Crippen LogP contribution in [0.1, 0.15) is 48.2 Å². The van der Waals surface area contributed by atoms with E-state index >= 15 is 0 Å². The molecule has 2 aromatic heterocycles. The van der Waals surface area contributed by atoms with E-state index in [1.54, 1.807) is 23.2 Å². The molecule has 0 unspecified atom stereocenters. The third kappa shape index (κ3) is 4.99. The van der Waals surface area contributed by atoms with Gasteiger partial charge < -0.3 is 10.2 Å². The number of carbonyl (C=O) groups excluding carboxylic acids is 1. The first-order valence-corrected chi connectivity index (χ1v) is 11.0. The number of amides is 2. The van der Waals surface area contributed by atoms with Crippen LogP contribution in [0.4, 0.5) is 4.79 Å². The van der Waals surface area contributed by atoms with Crippen LogP contribution in [0.2, 0.25) is 10.0 Å². The van der Waals surface area contributed by atoms with Gasteiger partial charge in [0.2, 0.25) is 0 Å². The maximum absolute atomic E-state index is 13.2. The average molecular weight is 459 g/mol. The number of carbonyl (C=O) groups is 1. The van der Waals surface area contributed by atoms with Crippen LogP contribution in [0.15, 0.2) is 36.7 Å². The van der Waals surface area contributed by atoms with Crippen LogP contribution in [0.25, 0.3) is 0 Å². The van der Waals surface area contributed by atoms with Gasteiger partial charge >= 0.3 is 6.03 Å². The van der Waals surface area contributed by atoms with Gasteiger partial charge in [0.15, 0.2) is 0 Å². The Morgan fingerprint density at radius 3 is 2.81 bits per heavy atom. The first kappa shape index (κ1) is 21.6. The molecule has 0 radical (unpaired) electrons. The smallest absolute Gasteiger partial charge is 0.318 e. The maximum Gasteiger partial charge on any atom is 0.318 e. The summed E-state index contributed by atoms with van der Waals surface area (Å²) in [4.78, 5) is 24.1. The van der Waals surface area contributed by atoms with Crippen molar-refractivity contribution in [1.82, 2.24) is 30.4 Å². The predicted octanol–water partition coefficient (Wildman–Crippen LogP) is 4.56. The summed E-state index contributed by atoms with van der Waals surface area (Å²) in [6.45, 7) is 5.33. The van der Waals surface area contributed by atoms with Crippen molar-refractivity contribution in [3.05, 3.63) is 75.0 Å². The van der Waals surface area contributed by atoms with Crippen molar-refractivity contribution in [2.75, 3.05) is 6.54 Å². The molecule has 3 heterocycles. The van der Waals surface area contributed by atoms with E-state index in [0.717, 1.165) is 41.2 Å². The van der Waals surface area contributed by atoms with Crippen LogP contribution >= 0.6 is 23.2 Å². The zero-order valence-electron chi connectivity index (χ0n) is 17.4. The monoisotopic (exact) mass is 458 g/mol. The molecule has 1 aromatic carbocycles. The van der Waals surface area contributed by atoms with Crippen molar-refractivity contribution in [1.29, 1.82) is 0 Å². The van der Waals surface area contributed by atoms with Gasteiger partial charge in [0.05, 0.1) is 34.0 Å². The van der Waals surface area contributed by atoms with E-state index in [2.05, 4.69) is 34.3 Å². The molecule has 4 rings (SSSR count). The van der Waals surface area contributed by atoms with Crippen molar-refractivity contribution >= 4 is 29.2 Å². The molecule has 7 nitrogen and oxygen atoms in total. The van der Waals surface area contributed by atoms with E-state index in [1.165, 1.54) is 0 Å². The lowest BCUT2D eigenvalue weighted by Gasteiger charge is -2.30. The Morgan fingerprint density at radius 1 is 1.26 bits per heavy atom.